The smallest absolute Gasteiger partial charge is 0.307 e. The fourth-order valence-corrected chi connectivity index (χ4v) is 1.49. The number of hydrogen-bond donors (Lipinski definition) is 1. The molecule has 0 spiro atoms. The van der Waals surface area contributed by atoms with E-state index in [0.717, 1.165) is 12.8 Å². The van der Waals surface area contributed by atoms with E-state index in [4.69, 9.17) is 4.74 Å². The molecule has 1 rings (SSSR count). The van der Waals surface area contributed by atoms with Crippen molar-refractivity contribution in [2.24, 2.45) is 11.8 Å². The molecule has 1 aliphatic carbocycles. The average molecular weight is 213 g/mol. The third kappa shape index (κ3) is 4.32. The summed E-state index contributed by atoms with van der Waals surface area (Å²) >= 11 is 0. The normalized spacial score (nSPS) is 16.9. The first-order chi connectivity index (χ1) is 7.15. The molecular formula is C11H19NO3. The van der Waals surface area contributed by atoms with Crippen LogP contribution in [0.4, 0.5) is 0 Å². The van der Waals surface area contributed by atoms with Gasteiger partial charge in [-0.2, -0.15) is 0 Å². The summed E-state index contributed by atoms with van der Waals surface area (Å²) in [4.78, 5) is 22.5. The summed E-state index contributed by atoms with van der Waals surface area (Å²) in [5.41, 5.74) is 0. The molecule has 86 valence electrons. The lowest BCUT2D eigenvalue weighted by Crippen LogP contribution is -2.32. The van der Waals surface area contributed by atoms with E-state index in [-0.39, 0.29) is 24.2 Å². The number of rotatable bonds is 6. The van der Waals surface area contributed by atoms with E-state index in [1.165, 1.54) is 0 Å². The van der Waals surface area contributed by atoms with Crippen molar-refractivity contribution in [1.29, 1.82) is 0 Å². The molecule has 15 heavy (non-hydrogen) atoms. The summed E-state index contributed by atoms with van der Waals surface area (Å²) < 4.78 is 4.75. The van der Waals surface area contributed by atoms with Gasteiger partial charge in [0.2, 0.25) is 5.91 Å². The van der Waals surface area contributed by atoms with Gasteiger partial charge in [-0.05, 0) is 25.7 Å². The van der Waals surface area contributed by atoms with Gasteiger partial charge in [0.25, 0.3) is 0 Å². The number of esters is 1. The Bertz CT molecular complexity index is 236. The first-order valence-electron chi connectivity index (χ1n) is 5.58. The molecule has 1 unspecified atom stereocenters. The van der Waals surface area contributed by atoms with Gasteiger partial charge in [-0.1, -0.05) is 6.92 Å². The van der Waals surface area contributed by atoms with Crippen molar-refractivity contribution in [2.75, 3.05) is 13.2 Å². The second kappa shape index (κ2) is 5.73. The predicted molar refractivity (Wildman–Crippen MR) is 56.1 cm³/mol. The standard InChI is InChI=1S/C11H19NO3/c1-3-15-10(13)6-7-12-11(14)8(2)9-4-5-9/h8-9H,3-7H2,1-2H3,(H,12,14). The van der Waals surface area contributed by atoms with Crippen LogP contribution in [0.2, 0.25) is 0 Å². The minimum atomic E-state index is -0.253. The second-order valence-corrected chi connectivity index (χ2v) is 3.97. The van der Waals surface area contributed by atoms with Crippen molar-refractivity contribution in [1.82, 2.24) is 5.32 Å². The molecule has 4 heteroatoms. The van der Waals surface area contributed by atoms with Gasteiger partial charge >= 0.3 is 5.97 Å². The Morgan fingerprint density at radius 2 is 2.13 bits per heavy atom. The number of hydrogen-bond acceptors (Lipinski definition) is 3. The Hall–Kier alpha value is -1.06. The monoisotopic (exact) mass is 213 g/mol. The first kappa shape index (κ1) is 12.0. The van der Waals surface area contributed by atoms with Crippen LogP contribution in [0.3, 0.4) is 0 Å². The molecule has 0 saturated heterocycles. The highest BCUT2D eigenvalue weighted by Gasteiger charge is 2.32. The van der Waals surface area contributed by atoms with Crippen molar-refractivity contribution in [2.45, 2.75) is 33.1 Å². The lowest BCUT2D eigenvalue weighted by molar-refractivity contribution is -0.143. The summed E-state index contributed by atoms with van der Waals surface area (Å²) in [5.74, 6) is 0.457. The maximum atomic E-state index is 11.5. The van der Waals surface area contributed by atoms with Crippen LogP contribution in [-0.4, -0.2) is 25.0 Å². The van der Waals surface area contributed by atoms with Crippen LogP contribution in [0.25, 0.3) is 0 Å². The Morgan fingerprint density at radius 1 is 1.47 bits per heavy atom. The van der Waals surface area contributed by atoms with Gasteiger partial charge in [-0.25, -0.2) is 0 Å². The van der Waals surface area contributed by atoms with E-state index in [1.54, 1.807) is 6.92 Å². The number of carbonyl (C=O) groups excluding carboxylic acids is 2. The fourth-order valence-electron chi connectivity index (χ4n) is 1.49. The van der Waals surface area contributed by atoms with Crippen molar-refractivity contribution < 1.29 is 14.3 Å². The Labute approximate surface area is 90.4 Å². The van der Waals surface area contributed by atoms with Crippen LogP contribution in [0.1, 0.15) is 33.1 Å². The van der Waals surface area contributed by atoms with E-state index in [9.17, 15) is 9.59 Å². The summed E-state index contributed by atoms with van der Waals surface area (Å²) in [6.07, 6.45) is 2.58. The molecule has 1 N–H and O–H groups in total. The van der Waals surface area contributed by atoms with Crippen molar-refractivity contribution >= 4 is 11.9 Å². The Morgan fingerprint density at radius 3 is 2.67 bits per heavy atom. The van der Waals surface area contributed by atoms with E-state index in [2.05, 4.69) is 5.32 Å². The molecule has 0 aromatic carbocycles. The molecular weight excluding hydrogens is 194 g/mol. The van der Waals surface area contributed by atoms with Gasteiger partial charge in [0.05, 0.1) is 13.0 Å². The maximum Gasteiger partial charge on any atom is 0.307 e. The lowest BCUT2D eigenvalue weighted by atomic mass is 10.1. The molecule has 0 aromatic rings. The highest BCUT2D eigenvalue weighted by Crippen LogP contribution is 2.36. The second-order valence-electron chi connectivity index (χ2n) is 3.97. The molecule has 0 bridgehead atoms. The van der Waals surface area contributed by atoms with Crippen LogP contribution in [0.5, 0.6) is 0 Å². The zero-order valence-electron chi connectivity index (χ0n) is 9.41. The minimum absolute atomic E-state index is 0.0572. The van der Waals surface area contributed by atoms with Crippen molar-refractivity contribution in [3.05, 3.63) is 0 Å². The number of carbonyl (C=O) groups is 2. The third-order valence-corrected chi connectivity index (χ3v) is 2.68. The molecule has 1 aliphatic rings. The Balaban J connectivity index is 2.08. The SMILES string of the molecule is CCOC(=O)CCNC(=O)C(C)C1CC1. The first-order valence-corrected chi connectivity index (χ1v) is 5.58. The van der Waals surface area contributed by atoms with Crippen LogP contribution in [-0.2, 0) is 14.3 Å². The van der Waals surface area contributed by atoms with Crippen molar-refractivity contribution in [3.8, 4) is 0 Å². The highest BCUT2D eigenvalue weighted by molar-refractivity contribution is 5.79. The average Bonchev–Trinajstić information content (AvgIpc) is 3.00. The summed E-state index contributed by atoms with van der Waals surface area (Å²) in [5, 5.41) is 2.75. The molecule has 1 amide bonds. The van der Waals surface area contributed by atoms with E-state index < -0.39 is 0 Å². The molecule has 1 fully saturated rings. The zero-order valence-corrected chi connectivity index (χ0v) is 9.41. The summed E-state index contributed by atoms with van der Waals surface area (Å²) in [6, 6.07) is 0. The van der Waals surface area contributed by atoms with Gasteiger partial charge in [-0.3, -0.25) is 9.59 Å². The highest BCUT2D eigenvalue weighted by atomic mass is 16.5. The molecule has 0 heterocycles. The number of nitrogens with one attached hydrogen (secondary N) is 1. The predicted octanol–water partition coefficient (Wildman–Crippen LogP) is 1.10. The van der Waals surface area contributed by atoms with Gasteiger partial charge in [-0.15, -0.1) is 0 Å². The van der Waals surface area contributed by atoms with Crippen molar-refractivity contribution in [3.63, 3.8) is 0 Å². The Kier molecular flexibility index (Phi) is 4.59. The molecule has 0 aromatic heterocycles. The molecule has 1 atom stereocenters. The number of ether oxygens (including phenoxy) is 1. The maximum absolute atomic E-state index is 11.5. The summed E-state index contributed by atoms with van der Waals surface area (Å²) in [7, 11) is 0. The topological polar surface area (TPSA) is 55.4 Å². The van der Waals surface area contributed by atoms with Crippen LogP contribution < -0.4 is 5.32 Å². The third-order valence-electron chi connectivity index (χ3n) is 2.68. The minimum Gasteiger partial charge on any atom is -0.466 e. The molecule has 0 radical (unpaired) electrons. The van der Waals surface area contributed by atoms with Crippen LogP contribution in [0, 0.1) is 11.8 Å². The molecule has 1 saturated carbocycles. The molecule has 4 nitrogen and oxygen atoms in total. The van der Waals surface area contributed by atoms with E-state index in [1.807, 2.05) is 6.92 Å². The van der Waals surface area contributed by atoms with E-state index in [0.29, 0.717) is 19.1 Å². The largest absolute Gasteiger partial charge is 0.466 e. The van der Waals surface area contributed by atoms with Gasteiger partial charge in [0.1, 0.15) is 0 Å². The van der Waals surface area contributed by atoms with Gasteiger partial charge < -0.3 is 10.1 Å². The van der Waals surface area contributed by atoms with Crippen LogP contribution >= 0.6 is 0 Å². The molecule has 0 aliphatic heterocycles. The fraction of sp³-hybridized carbons (Fsp3) is 0.818. The lowest BCUT2D eigenvalue weighted by Gasteiger charge is -2.10. The number of amides is 1. The van der Waals surface area contributed by atoms with Crippen LogP contribution in [0.15, 0.2) is 0 Å². The van der Waals surface area contributed by atoms with Gasteiger partial charge in [0.15, 0.2) is 0 Å². The summed E-state index contributed by atoms with van der Waals surface area (Å²) in [6.45, 7) is 4.49. The quantitative estimate of drug-likeness (QED) is 0.672. The van der Waals surface area contributed by atoms with Gasteiger partial charge in [0, 0.05) is 12.5 Å². The zero-order chi connectivity index (χ0) is 11.3. The van der Waals surface area contributed by atoms with E-state index >= 15 is 0 Å².